The molecule has 1 saturated carbocycles. The van der Waals surface area contributed by atoms with Crippen LogP contribution in [-0.4, -0.2) is 22.1 Å². The van der Waals surface area contributed by atoms with E-state index in [1.165, 1.54) is 45.0 Å². The lowest BCUT2D eigenvalue weighted by molar-refractivity contribution is 0.338. The minimum atomic E-state index is -0.116. The van der Waals surface area contributed by atoms with Gasteiger partial charge in [0.25, 0.3) is 0 Å². The predicted molar refractivity (Wildman–Crippen MR) is 231 cm³/mol. The number of hydrogen-bond donors (Lipinski definition) is 0. The van der Waals surface area contributed by atoms with Crippen molar-refractivity contribution in [1.82, 2.24) is 9.97 Å². The van der Waals surface area contributed by atoms with Crippen molar-refractivity contribution in [2.24, 2.45) is 0 Å². The first-order chi connectivity index (χ1) is 27.3. The number of hydrogen-bond acceptors (Lipinski definition) is 4. The molecule has 0 spiro atoms. The van der Waals surface area contributed by atoms with Crippen LogP contribution in [0.4, 0.5) is 22.7 Å². The summed E-state index contributed by atoms with van der Waals surface area (Å²) in [7, 11) is 0. The highest BCUT2D eigenvalue weighted by atomic mass is 15.2. The first kappa shape index (κ1) is 34.5. The van der Waals surface area contributed by atoms with Crippen molar-refractivity contribution in [2.45, 2.75) is 75.8 Å². The summed E-state index contributed by atoms with van der Waals surface area (Å²) in [6.45, 7) is 9.54. The lowest BCUT2D eigenvalue weighted by Gasteiger charge is -2.52. The summed E-state index contributed by atoms with van der Waals surface area (Å²) < 4.78 is 0. The van der Waals surface area contributed by atoms with Crippen LogP contribution < -0.4 is 9.80 Å². The van der Waals surface area contributed by atoms with E-state index in [9.17, 15) is 0 Å². The van der Waals surface area contributed by atoms with E-state index in [1.807, 2.05) is 0 Å². The van der Waals surface area contributed by atoms with E-state index in [-0.39, 0.29) is 28.8 Å². The monoisotopic (exact) mass is 728 g/mol. The van der Waals surface area contributed by atoms with Crippen LogP contribution in [0.3, 0.4) is 0 Å². The second-order valence-electron chi connectivity index (χ2n) is 17.0. The minimum Gasteiger partial charge on any atom is -0.338 e. The third-order valence-corrected chi connectivity index (χ3v) is 13.0. The number of anilines is 4. The molecule has 2 unspecified atom stereocenters. The van der Waals surface area contributed by atoms with Gasteiger partial charge in [-0.15, -0.1) is 0 Å². The molecule has 0 N–H and O–H groups in total. The van der Waals surface area contributed by atoms with Crippen molar-refractivity contribution in [1.29, 1.82) is 0 Å². The fourth-order valence-electron chi connectivity index (χ4n) is 10.3. The van der Waals surface area contributed by atoms with E-state index in [1.54, 1.807) is 0 Å². The van der Waals surface area contributed by atoms with Crippen LogP contribution in [0, 0.1) is 0 Å². The predicted octanol–water partition coefficient (Wildman–Crippen LogP) is 12.8. The van der Waals surface area contributed by atoms with Crippen molar-refractivity contribution >= 4 is 22.7 Å². The van der Waals surface area contributed by atoms with Gasteiger partial charge in [0.2, 0.25) is 0 Å². The molecule has 0 saturated heterocycles. The Balaban J connectivity index is 1.17. The van der Waals surface area contributed by atoms with Crippen LogP contribution in [0.2, 0.25) is 0 Å². The first-order valence-electron chi connectivity index (χ1n) is 20.3. The number of fused-ring (bicyclic) bond motifs is 4. The number of nitrogens with zero attached hydrogens (tertiary/aromatic N) is 4. The van der Waals surface area contributed by atoms with Crippen LogP contribution in [0.15, 0.2) is 164 Å². The van der Waals surface area contributed by atoms with Crippen molar-refractivity contribution in [3.05, 3.63) is 192 Å². The smallest absolute Gasteiger partial charge is 0.160 e. The topological polar surface area (TPSA) is 32.3 Å². The van der Waals surface area contributed by atoms with E-state index in [2.05, 4.69) is 201 Å². The zero-order chi connectivity index (χ0) is 38.0. The van der Waals surface area contributed by atoms with E-state index >= 15 is 0 Å². The summed E-state index contributed by atoms with van der Waals surface area (Å²) in [5.41, 5.74) is 14.8. The Labute approximate surface area is 331 Å². The molecule has 0 amide bonds. The number of aromatic nitrogens is 2. The molecule has 0 bridgehead atoms. The lowest BCUT2D eigenvalue weighted by atomic mass is 9.70. The fraction of sp³-hybridized carbons (Fsp3) is 0.231. The molecule has 3 heterocycles. The molecule has 1 aromatic heterocycles. The number of rotatable bonds is 5. The highest BCUT2D eigenvalue weighted by molar-refractivity contribution is 5.80. The third kappa shape index (κ3) is 5.57. The molecular formula is C52H48N4. The van der Waals surface area contributed by atoms with Crippen LogP contribution in [0.5, 0.6) is 0 Å². The lowest BCUT2D eigenvalue weighted by Crippen LogP contribution is -2.49. The Morgan fingerprint density at radius 1 is 0.429 bits per heavy atom. The van der Waals surface area contributed by atoms with E-state index in [0.717, 1.165) is 47.6 Å². The molecular weight excluding hydrogens is 681 g/mol. The van der Waals surface area contributed by atoms with Gasteiger partial charge in [0.1, 0.15) is 0 Å². The molecule has 276 valence electrons. The van der Waals surface area contributed by atoms with Gasteiger partial charge in [0.15, 0.2) is 5.82 Å². The van der Waals surface area contributed by atoms with Gasteiger partial charge in [0, 0.05) is 68.4 Å². The first-order valence-corrected chi connectivity index (χ1v) is 20.3. The van der Waals surface area contributed by atoms with Crippen LogP contribution >= 0.6 is 0 Å². The molecule has 56 heavy (non-hydrogen) atoms. The van der Waals surface area contributed by atoms with E-state index in [0.29, 0.717) is 0 Å². The molecule has 4 heteroatoms. The molecule has 1 aliphatic carbocycles. The quantitative estimate of drug-likeness (QED) is 0.177. The van der Waals surface area contributed by atoms with E-state index in [4.69, 9.17) is 9.97 Å². The van der Waals surface area contributed by atoms with Crippen LogP contribution in [-0.2, 0) is 10.8 Å². The fourth-order valence-corrected chi connectivity index (χ4v) is 10.3. The van der Waals surface area contributed by atoms with Gasteiger partial charge >= 0.3 is 0 Å². The molecule has 0 radical (unpaired) electrons. The normalized spacial score (nSPS) is 20.3. The van der Waals surface area contributed by atoms with Crippen molar-refractivity contribution in [2.75, 3.05) is 9.80 Å². The molecule has 1 fully saturated rings. The summed E-state index contributed by atoms with van der Waals surface area (Å²) in [4.78, 5) is 16.1. The minimum absolute atomic E-state index is 0.116. The Morgan fingerprint density at radius 3 is 1.23 bits per heavy atom. The molecule has 10 rings (SSSR count). The molecule has 3 aliphatic rings. The molecule has 2 aliphatic heterocycles. The maximum absolute atomic E-state index is 5.49. The Hall–Kier alpha value is -6.00. The summed E-state index contributed by atoms with van der Waals surface area (Å²) >= 11 is 0. The Bertz CT molecular complexity index is 2290. The van der Waals surface area contributed by atoms with Gasteiger partial charge in [-0.05, 0) is 71.8 Å². The third-order valence-electron chi connectivity index (χ3n) is 13.0. The molecule has 6 aromatic carbocycles. The number of benzene rings is 6. The molecule has 3 atom stereocenters. The largest absolute Gasteiger partial charge is 0.338 e. The summed E-state index contributed by atoms with van der Waals surface area (Å²) in [5.74, 6) is 0.960. The second-order valence-corrected chi connectivity index (χ2v) is 17.0. The average Bonchev–Trinajstić information content (AvgIpc) is 3.24. The SMILES string of the molecule is CC1(C)c2ccccc2N(C2CC(c3cc(-c4ccccc4)nc(-c4ccccc4)n3)C[C@@H](N3c4ccccc4C(C)(C)c4ccccc43)C2)c2ccccc21. The van der Waals surface area contributed by atoms with Gasteiger partial charge in [-0.3, -0.25) is 0 Å². The van der Waals surface area contributed by atoms with Crippen LogP contribution in [0.1, 0.15) is 80.8 Å². The van der Waals surface area contributed by atoms with Crippen LogP contribution in [0.25, 0.3) is 22.6 Å². The van der Waals surface area contributed by atoms with Gasteiger partial charge in [0.05, 0.1) is 5.69 Å². The average molecular weight is 729 g/mol. The van der Waals surface area contributed by atoms with E-state index < -0.39 is 0 Å². The van der Waals surface area contributed by atoms with Gasteiger partial charge < -0.3 is 9.80 Å². The van der Waals surface area contributed by atoms with Gasteiger partial charge in [-0.1, -0.05) is 161 Å². The molecule has 4 nitrogen and oxygen atoms in total. The summed E-state index contributed by atoms with van der Waals surface area (Å²) in [5, 5.41) is 0. The summed E-state index contributed by atoms with van der Waals surface area (Å²) in [6.07, 6.45) is 2.95. The highest BCUT2D eigenvalue weighted by Crippen LogP contribution is 2.55. The Kier molecular flexibility index (Phi) is 8.21. The van der Waals surface area contributed by atoms with Gasteiger partial charge in [-0.2, -0.15) is 0 Å². The van der Waals surface area contributed by atoms with Gasteiger partial charge in [-0.25, -0.2) is 9.97 Å². The maximum Gasteiger partial charge on any atom is 0.160 e. The Morgan fingerprint density at radius 2 is 0.804 bits per heavy atom. The summed E-state index contributed by atoms with van der Waals surface area (Å²) in [6, 6.07) is 60.3. The van der Waals surface area contributed by atoms with Crippen molar-refractivity contribution < 1.29 is 0 Å². The standard InChI is InChI=1S/C52H48N4/c1-51(2)40-23-11-15-27-46(40)55(47-28-16-12-24-41(47)51)38-31-37(45-34-44(35-19-7-5-8-20-35)53-50(54-45)36-21-9-6-10-22-36)32-39(33-38)56-48-29-17-13-25-42(48)52(3,4)43-26-14-18-30-49(43)56/h5-30,34,37-39H,31-33H2,1-4H3/t37?,38-,39?/m1/s1. The number of para-hydroxylation sites is 4. The molecule has 7 aromatic rings. The highest BCUT2D eigenvalue weighted by Gasteiger charge is 2.45. The zero-order valence-electron chi connectivity index (χ0n) is 32.7. The second kappa shape index (κ2) is 13.3. The zero-order valence-corrected chi connectivity index (χ0v) is 32.7. The van der Waals surface area contributed by atoms with Crippen molar-refractivity contribution in [3.63, 3.8) is 0 Å². The van der Waals surface area contributed by atoms with Crippen molar-refractivity contribution in [3.8, 4) is 22.6 Å². The maximum atomic E-state index is 5.49.